The van der Waals surface area contributed by atoms with Gasteiger partial charge in [0.2, 0.25) is 0 Å². The van der Waals surface area contributed by atoms with Gasteiger partial charge in [-0.15, -0.1) is 10.2 Å². The molecular weight excluding hydrogens is 422 g/mol. The summed E-state index contributed by atoms with van der Waals surface area (Å²) in [4.78, 5) is 30.1. The lowest BCUT2D eigenvalue weighted by molar-refractivity contribution is -0.137. The van der Waals surface area contributed by atoms with Crippen LogP contribution in [0.1, 0.15) is 48.9 Å². The zero-order chi connectivity index (χ0) is 23.8. The van der Waals surface area contributed by atoms with Crippen LogP contribution in [0.3, 0.4) is 0 Å². The van der Waals surface area contributed by atoms with E-state index < -0.39 is 5.97 Å². The van der Waals surface area contributed by atoms with Gasteiger partial charge in [0.25, 0.3) is 5.91 Å². The second-order valence-electron chi connectivity index (χ2n) is 8.67. The minimum atomic E-state index is -0.722. The lowest BCUT2D eigenvalue weighted by Crippen LogP contribution is -2.24. The van der Waals surface area contributed by atoms with Gasteiger partial charge >= 0.3 is 5.97 Å². The molecule has 0 unspecified atom stereocenters. The van der Waals surface area contributed by atoms with Crippen LogP contribution in [0.25, 0.3) is 0 Å². The third-order valence-electron chi connectivity index (χ3n) is 6.04. The van der Waals surface area contributed by atoms with Crippen LogP contribution in [0, 0.1) is 11.8 Å². The number of carboxylic acids is 1. The average Bonchev–Trinajstić information content (AvgIpc) is 2.82. The number of carboxylic acid groups (broad SMARTS) is 1. The monoisotopic (exact) mass is 455 g/mol. The van der Waals surface area contributed by atoms with E-state index >= 15 is 0 Å². The number of amides is 1. The van der Waals surface area contributed by atoms with E-state index in [1.54, 1.807) is 31.3 Å². The number of carbonyl (C=O) groups excluding carboxylic acids is 1. The van der Waals surface area contributed by atoms with Crippen LogP contribution in [0.5, 0.6) is 0 Å². The third-order valence-corrected chi connectivity index (χ3v) is 6.04. The summed E-state index contributed by atoms with van der Waals surface area (Å²) in [5, 5.41) is 26.2. The van der Waals surface area contributed by atoms with Crippen molar-refractivity contribution in [2.75, 3.05) is 48.5 Å². The lowest BCUT2D eigenvalue weighted by Gasteiger charge is -2.28. The Morgan fingerprint density at radius 1 is 1.03 bits per heavy atom. The second-order valence-corrected chi connectivity index (χ2v) is 8.67. The van der Waals surface area contributed by atoms with Gasteiger partial charge in [-0.05, 0) is 55.4 Å². The minimum Gasteiger partial charge on any atom is -0.481 e. The SMILES string of the molecule is CNc1ccc(C(=O)Nc2ccc(N(C)C)nn2)c(NCC2CCC(CCC(=O)O)CC2)n1. The van der Waals surface area contributed by atoms with Gasteiger partial charge in [0.05, 0.1) is 5.56 Å². The maximum Gasteiger partial charge on any atom is 0.303 e. The van der Waals surface area contributed by atoms with Crippen LogP contribution in [-0.4, -0.2) is 59.9 Å². The molecule has 2 heterocycles. The number of anilines is 4. The van der Waals surface area contributed by atoms with Gasteiger partial charge in [-0.25, -0.2) is 4.98 Å². The maximum atomic E-state index is 12.9. The standard InChI is InChI=1S/C23H33N7O3/c1-24-18-10-9-17(23(33)27-19-11-12-20(29-28-19)30(2)3)22(26-18)25-14-16-6-4-15(5-7-16)8-13-21(31)32/h9-12,15-16H,4-8,13-14H2,1-3H3,(H,31,32)(H2,24,25,26)(H,27,28,33). The van der Waals surface area contributed by atoms with Gasteiger partial charge in [-0.2, -0.15) is 0 Å². The van der Waals surface area contributed by atoms with Gasteiger partial charge in [0, 0.05) is 34.1 Å². The number of rotatable bonds is 10. The number of carbonyl (C=O) groups is 2. The first-order valence-corrected chi connectivity index (χ1v) is 11.3. The van der Waals surface area contributed by atoms with E-state index in [1.807, 2.05) is 19.0 Å². The molecule has 0 bridgehead atoms. The van der Waals surface area contributed by atoms with E-state index in [2.05, 4.69) is 31.1 Å². The molecule has 0 aromatic carbocycles. The number of nitrogens with zero attached hydrogens (tertiary/aromatic N) is 4. The summed E-state index contributed by atoms with van der Waals surface area (Å²) >= 11 is 0. The van der Waals surface area contributed by atoms with E-state index in [0.29, 0.717) is 47.2 Å². The molecule has 3 rings (SSSR count). The summed E-state index contributed by atoms with van der Waals surface area (Å²) in [5.74, 6) is 2.18. The normalized spacial score (nSPS) is 17.8. The van der Waals surface area contributed by atoms with Crippen molar-refractivity contribution in [3.8, 4) is 0 Å². The van der Waals surface area contributed by atoms with Gasteiger partial charge < -0.3 is 26.0 Å². The molecule has 1 saturated carbocycles. The van der Waals surface area contributed by atoms with Crippen molar-refractivity contribution in [1.82, 2.24) is 15.2 Å². The number of aliphatic carboxylic acids is 1. The molecule has 1 aliphatic carbocycles. The summed E-state index contributed by atoms with van der Waals surface area (Å²) < 4.78 is 0. The van der Waals surface area contributed by atoms with Crippen molar-refractivity contribution >= 4 is 35.1 Å². The van der Waals surface area contributed by atoms with Crippen LogP contribution in [0.4, 0.5) is 23.3 Å². The summed E-state index contributed by atoms with van der Waals surface area (Å²) in [7, 11) is 5.53. The van der Waals surface area contributed by atoms with Gasteiger partial charge in [-0.3, -0.25) is 9.59 Å². The van der Waals surface area contributed by atoms with Crippen molar-refractivity contribution in [2.24, 2.45) is 11.8 Å². The van der Waals surface area contributed by atoms with Crippen molar-refractivity contribution in [1.29, 1.82) is 0 Å². The Morgan fingerprint density at radius 2 is 1.73 bits per heavy atom. The van der Waals surface area contributed by atoms with Gasteiger partial charge in [0.1, 0.15) is 11.6 Å². The molecule has 0 aliphatic heterocycles. The van der Waals surface area contributed by atoms with Gasteiger partial charge in [-0.1, -0.05) is 12.8 Å². The van der Waals surface area contributed by atoms with E-state index in [4.69, 9.17) is 5.11 Å². The molecule has 2 aromatic rings. The highest BCUT2D eigenvalue weighted by molar-refractivity contribution is 6.07. The Bertz CT molecular complexity index is 942. The second kappa shape index (κ2) is 11.4. The highest BCUT2D eigenvalue weighted by atomic mass is 16.4. The van der Waals surface area contributed by atoms with Crippen LogP contribution < -0.4 is 20.9 Å². The molecule has 1 fully saturated rings. The molecule has 2 aromatic heterocycles. The van der Waals surface area contributed by atoms with E-state index in [9.17, 15) is 9.59 Å². The largest absolute Gasteiger partial charge is 0.481 e. The van der Waals surface area contributed by atoms with Crippen molar-refractivity contribution in [2.45, 2.75) is 38.5 Å². The highest BCUT2D eigenvalue weighted by Crippen LogP contribution is 2.32. The molecule has 0 saturated heterocycles. The molecular formula is C23H33N7O3. The summed E-state index contributed by atoms with van der Waals surface area (Å²) in [6.07, 6.45) is 5.16. The van der Waals surface area contributed by atoms with Crippen LogP contribution in [-0.2, 0) is 4.79 Å². The Kier molecular flexibility index (Phi) is 8.39. The van der Waals surface area contributed by atoms with E-state index in [1.165, 1.54) is 0 Å². The summed E-state index contributed by atoms with van der Waals surface area (Å²) in [5.41, 5.74) is 0.433. The zero-order valence-electron chi connectivity index (χ0n) is 19.5. The molecule has 1 amide bonds. The van der Waals surface area contributed by atoms with E-state index in [-0.39, 0.29) is 12.3 Å². The fourth-order valence-electron chi connectivity index (χ4n) is 4.02. The molecule has 1 aliphatic rings. The minimum absolute atomic E-state index is 0.245. The first-order chi connectivity index (χ1) is 15.9. The van der Waals surface area contributed by atoms with Gasteiger partial charge in [0.15, 0.2) is 11.6 Å². The fourth-order valence-corrected chi connectivity index (χ4v) is 4.02. The van der Waals surface area contributed by atoms with Crippen LogP contribution in [0.15, 0.2) is 24.3 Å². The molecule has 178 valence electrons. The number of nitrogens with one attached hydrogen (secondary N) is 3. The van der Waals surface area contributed by atoms with Crippen molar-refractivity contribution in [3.05, 3.63) is 29.8 Å². The molecule has 10 nitrogen and oxygen atoms in total. The molecule has 33 heavy (non-hydrogen) atoms. The predicted octanol–water partition coefficient (Wildman–Crippen LogP) is 3.31. The third kappa shape index (κ3) is 7.03. The highest BCUT2D eigenvalue weighted by Gasteiger charge is 2.23. The van der Waals surface area contributed by atoms with Crippen molar-refractivity contribution < 1.29 is 14.7 Å². The summed E-state index contributed by atoms with van der Waals surface area (Å²) in [6, 6.07) is 7.00. The molecule has 0 atom stereocenters. The fraction of sp³-hybridized carbons (Fsp3) is 0.522. The molecule has 10 heteroatoms. The molecule has 0 spiro atoms. The summed E-state index contributed by atoms with van der Waals surface area (Å²) in [6.45, 7) is 0.712. The molecule has 0 radical (unpaired) electrons. The number of hydrogen-bond donors (Lipinski definition) is 4. The first kappa shape index (κ1) is 24.2. The number of aromatic nitrogens is 3. The van der Waals surface area contributed by atoms with Crippen LogP contribution >= 0.6 is 0 Å². The first-order valence-electron chi connectivity index (χ1n) is 11.3. The van der Waals surface area contributed by atoms with Crippen LogP contribution in [0.2, 0.25) is 0 Å². The zero-order valence-corrected chi connectivity index (χ0v) is 19.5. The van der Waals surface area contributed by atoms with E-state index in [0.717, 1.165) is 32.1 Å². The Morgan fingerprint density at radius 3 is 2.33 bits per heavy atom. The predicted molar refractivity (Wildman–Crippen MR) is 129 cm³/mol. The Hall–Kier alpha value is -3.43. The smallest absolute Gasteiger partial charge is 0.303 e. The lowest BCUT2D eigenvalue weighted by atomic mass is 9.80. The number of hydrogen-bond acceptors (Lipinski definition) is 8. The molecule has 4 N–H and O–H groups in total. The average molecular weight is 456 g/mol. The topological polar surface area (TPSA) is 132 Å². The maximum absolute atomic E-state index is 12.9. The Balaban J connectivity index is 1.61. The Labute approximate surface area is 194 Å². The van der Waals surface area contributed by atoms with Crippen molar-refractivity contribution in [3.63, 3.8) is 0 Å². The quantitative estimate of drug-likeness (QED) is 0.426. The number of pyridine rings is 1.